The second-order valence-electron chi connectivity index (χ2n) is 4.12. The molecule has 0 spiro atoms. The van der Waals surface area contributed by atoms with Crippen LogP contribution in [0.3, 0.4) is 0 Å². The lowest BCUT2D eigenvalue weighted by Gasteiger charge is -2.41. The number of amides is 1. The minimum atomic E-state index is -1.44. The van der Waals surface area contributed by atoms with Gasteiger partial charge in [-0.15, -0.1) is 0 Å². The lowest BCUT2D eigenvalue weighted by atomic mass is 9.92. The molecule has 0 bridgehead atoms. The maximum Gasteiger partial charge on any atom is 0.231 e. The zero-order valence-corrected chi connectivity index (χ0v) is 9.72. The van der Waals surface area contributed by atoms with Crippen molar-refractivity contribution in [3.8, 4) is 0 Å². The number of carbonyl (C=O) groups excluding carboxylic acids is 1. The number of nitrogens with one attached hydrogen (secondary N) is 1. The number of nitro groups is 1. The smallest absolute Gasteiger partial charge is 0.231 e. The first-order chi connectivity index (χ1) is 8.36. The van der Waals surface area contributed by atoms with Gasteiger partial charge in [0.1, 0.15) is 24.4 Å². The monoisotopic (exact) mass is 264 g/mol. The summed E-state index contributed by atoms with van der Waals surface area (Å²) in [6, 6.07) is -1.09. The van der Waals surface area contributed by atoms with E-state index >= 15 is 0 Å². The average Bonchev–Trinajstić information content (AvgIpc) is 2.27. The number of carbonyl (C=O) groups is 1. The van der Waals surface area contributed by atoms with Crippen molar-refractivity contribution >= 4 is 5.91 Å². The minimum absolute atomic E-state index is 0.509. The van der Waals surface area contributed by atoms with Crippen molar-refractivity contribution in [1.82, 2.24) is 5.32 Å². The van der Waals surface area contributed by atoms with Crippen molar-refractivity contribution in [3.05, 3.63) is 10.1 Å². The highest BCUT2D eigenvalue weighted by Gasteiger charge is 2.46. The van der Waals surface area contributed by atoms with Crippen LogP contribution in [0.15, 0.2) is 0 Å². The third-order valence-electron chi connectivity index (χ3n) is 2.73. The van der Waals surface area contributed by atoms with Crippen LogP contribution in [0.5, 0.6) is 0 Å². The molecule has 104 valence electrons. The molecule has 1 rings (SSSR count). The van der Waals surface area contributed by atoms with Gasteiger partial charge in [-0.2, -0.15) is 0 Å². The number of aliphatic hydroxyl groups is 3. The van der Waals surface area contributed by atoms with Crippen LogP contribution in [0, 0.1) is 10.1 Å². The van der Waals surface area contributed by atoms with E-state index in [2.05, 4.69) is 5.32 Å². The SMILES string of the molecule is CC(=O)N[C@@H]1[C@H](O)[C@H](O)[C@@H](CO)O[C@@H]1C[N+](=O)[O-]. The van der Waals surface area contributed by atoms with Crippen LogP contribution in [0.1, 0.15) is 6.92 Å². The van der Waals surface area contributed by atoms with Crippen LogP contribution < -0.4 is 5.32 Å². The molecule has 1 heterocycles. The highest BCUT2D eigenvalue weighted by molar-refractivity contribution is 5.73. The van der Waals surface area contributed by atoms with Crippen molar-refractivity contribution in [2.45, 2.75) is 37.4 Å². The number of hydrogen-bond acceptors (Lipinski definition) is 7. The highest BCUT2D eigenvalue weighted by Crippen LogP contribution is 2.21. The van der Waals surface area contributed by atoms with Crippen LogP contribution in [-0.2, 0) is 9.53 Å². The van der Waals surface area contributed by atoms with Crippen LogP contribution in [0.4, 0.5) is 0 Å². The molecule has 1 aliphatic rings. The number of aliphatic hydroxyl groups excluding tert-OH is 3. The zero-order valence-electron chi connectivity index (χ0n) is 9.72. The first-order valence-electron chi connectivity index (χ1n) is 5.38. The molecular formula is C9H16N2O7. The minimum Gasteiger partial charge on any atom is -0.394 e. The van der Waals surface area contributed by atoms with E-state index in [0.29, 0.717) is 0 Å². The number of hydrogen-bond donors (Lipinski definition) is 4. The molecule has 0 aromatic heterocycles. The normalized spacial score (nSPS) is 36.1. The summed E-state index contributed by atoms with van der Waals surface area (Å²) < 4.78 is 5.13. The van der Waals surface area contributed by atoms with Crippen molar-refractivity contribution in [1.29, 1.82) is 0 Å². The predicted octanol–water partition coefficient (Wildman–Crippen LogP) is -2.75. The molecule has 0 radical (unpaired) electrons. The van der Waals surface area contributed by atoms with E-state index in [-0.39, 0.29) is 0 Å². The standard InChI is InChI=1S/C9H16N2O7/c1-4(13)10-7-5(2-11(16)17)18-6(3-12)8(14)9(7)15/h5-9,12,14-15H,2-3H2,1H3,(H,10,13)/t5-,6-,7+,8-,9+/m1/s1. The van der Waals surface area contributed by atoms with E-state index in [1.165, 1.54) is 6.92 Å². The molecular weight excluding hydrogens is 248 g/mol. The fourth-order valence-electron chi connectivity index (χ4n) is 1.91. The first-order valence-corrected chi connectivity index (χ1v) is 5.38. The van der Waals surface area contributed by atoms with E-state index in [1.54, 1.807) is 0 Å². The summed E-state index contributed by atoms with van der Waals surface area (Å²) in [5.41, 5.74) is 0. The second kappa shape index (κ2) is 6.05. The van der Waals surface area contributed by atoms with E-state index in [4.69, 9.17) is 9.84 Å². The summed E-state index contributed by atoms with van der Waals surface area (Å²) in [6.07, 6.45) is -5.09. The maximum absolute atomic E-state index is 11.0. The fraction of sp³-hybridized carbons (Fsp3) is 0.889. The molecule has 1 saturated heterocycles. The number of ether oxygens (including phenoxy) is 1. The first kappa shape index (κ1) is 14.8. The quantitative estimate of drug-likeness (QED) is 0.318. The third kappa shape index (κ3) is 3.35. The Morgan fingerprint density at radius 3 is 2.44 bits per heavy atom. The van der Waals surface area contributed by atoms with E-state index in [9.17, 15) is 25.1 Å². The molecule has 0 aromatic rings. The summed E-state index contributed by atoms with van der Waals surface area (Å²) >= 11 is 0. The number of nitrogens with zero attached hydrogens (tertiary/aromatic N) is 1. The Morgan fingerprint density at radius 1 is 1.39 bits per heavy atom. The molecule has 0 aromatic carbocycles. The Labute approximate surface area is 103 Å². The van der Waals surface area contributed by atoms with E-state index in [0.717, 1.165) is 0 Å². The van der Waals surface area contributed by atoms with Gasteiger partial charge in [-0.3, -0.25) is 14.9 Å². The summed E-state index contributed by atoms with van der Waals surface area (Å²) in [5.74, 6) is -0.509. The van der Waals surface area contributed by atoms with Crippen molar-refractivity contribution in [2.75, 3.05) is 13.2 Å². The van der Waals surface area contributed by atoms with Gasteiger partial charge in [0.05, 0.1) is 12.6 Å². The van der Waals surface area contributed by atoms with Gasteiger partial charge < -0.3 is 25.4 Å². The third-order valence-corrected chi connectivity index (χ3v) is 2.73. The molecule has 9 nitrogen and oxygen atoms in total. The Hall–Kier alpha value is -1.29. The van der Waals surface area contributed by atoms with Gasteiger partial charge in [0.15, 0.2) is 0 Å². The topological polar surface area (TPSA) is 142 Å². The van der Waals surface area contributed by atoms with Crippen LogP contribution >= 0.6 is 0 Å². The predicted molar refractivity (Wildman–Crippen MR) is 57.2 cm³/mol. The molecule has 0 saturated carbocycles. The molecule has 0 aliphatic carbocycles. The van der Waals surface area contributed by atoms with Crippen molar-refractivity contribution in [2.24, 2.45) is 0 Å². The van der Waals surface area contributed by atoms with Crippen LogP contribution in [0.25, 0.3) is 0 Å². The second-order valence-corrected chi connectivity index (χ2v) is 4.12. The summed E-state index contributed by atoms with van der Waals surface area (Å²) in [4.78, 5) is 20.8. The van der Waals surface area contributed by atoms with E-state index < -0.39 is 54.4 Å². The summed E-state index contributed by atoms with van der Waals surface area (Å²) in [5, 5.41) is 41.1. The summed E-state index contributed by atoms with van der Waals surface area (Å²) in [7, 11) is 0. The van der Waals surface area contributed by atoms with Crippen LogP contribution in [-0.4, -0.2) is 69.8 Å². The van der Waals surface area contributed by atoms with Gasteiger partial charge in [0.25, 0.3) is 0 Å². The molecule has 1 aliphatic heterocycles. The fourth-order valence-corrected chi connectivity index (χ4v) is 1.91. The average molecular weight is 264 g/mol. The molecule has 18 heavy (non-hydrogen) atoms. The van der Waals surface area contributed by atoms with Gasteiger partial charge >= 0.3 is 0 Å². The Balaban J connectivity index is 2.86. The van der Waals surface area contributed by atoms with Gasteiger partial charge in [0.2, 0.25) is 12.5 Å². The number of rotatable bonds is 4. The lowest BCUT2D eigenvalue weighted by molar-refractivity contribution is -0.496. The largest absolute Gasteiger partial charge is 0.394 e. The molecule has 9 heteroatoms. The molecule has 4 N–H and O–H groups in total. The Bertz CT molecular complexity index is 324. The maximum atomic E-state index is 11.0. The summed E-state index contributed by atoms with van der Waals surface area (Å²) in [6.45, 7) is -0.0507. The van der Waals surface area contributed by atoms with Crippen molar-refractivity contribution in [3.63, 3.8) is 0 Å². The van der Waals surface area contributed by atoms with E-state index in [1.807, 2.05) is 0 Å². The Kier molecular flexibility index (Phi) is 4.96. The molecule has 5 atom stereocenters. The molecule has 1 amide bonds. The van der Waals surface area contributed by atoms with Gasteiger partial charge in [0, 0.05) is 11.8 Å². The molecule has 0 unspecified atom stereocenters. The highest BCUT2D eigenvalue weighted by atomic mass is 16.6. The van der Waals surface area contributed by atoms with Crippen molar-refractivity contribution < 1.29 is 29.8 Å². The lowest BCUT2D eigenvalue weighted by Crippen LogP contribution is -2.65. The van der Waals surface area contributed by atoms with Crippen LogP contribution in [0.2, 0.25) is 0 Å². The van der Waals surface area contributed by atoms with Gasteiger partial charge in [-0.1, -0.05) is 0 Å². The van der Waals surface area contributed by atoms with Gasteiger partial charge in [-0.25, -0.2) is 0 Å². The van der Waals surface area contributed by atoms with Gasteiger partial charge in [-0.05, 0) is 0 Å². The Morgan fingerprint density at radius 2 is 2.00 bits per heavy atom. The molecule has 1 fully saturated rings. The zero-order chi connectivity index (χ0) is 13.9.